The Morgan fingerprint density at radius 3 is 2.54 bits per heavy atom. The Hall–Kier alpha value is -2.12. The van der Waals surface area contributed by atoms with E-state index in [0.29, 0.717) is 16.4 Å². The fourth-order valence-corrected chi connectivity index (χ4v) is 3.38. The Morgan fingerprint density at radius 1 is 1.29 bits per heavy atom. The molecule has 2 amide bonds. The zero-order valence-electron chi connectivity index (χ0n) is 14.1. The average Bonchev–Trinajstić information content (AvgIpc) is 3.22. The molecule has 0 spiro atoms. The summed E-state index contributed by atoms with van der Waals surface area (Å²) in [4.78, 5) is 25.2. The molecule has 6 nitrogen and oxygen atoms in total. The molecule has 0 radical (unpaired) electrons. The minimum Gasteiger partial charge on any atom is -0.459 e. The van der Waals surface area contributed by atoms with Gasteiger partial charge in [0, 0.05) is 6.54 Å². The summed E-state index contributed by atoms with van der Waals surface area (Å²) in [6.07, 6.45) is 2.96. The third kappa shape index (κ3) is 3.85. The van der Waals surface area contributed by atoms with Crippen LogP contribution in [0.5, 0.6) is 0 Å². The summed E-state index contributed by atoms with van der Waals surface area (Å²) in [6.45, 7) is 6.24. The third-order valence-electron chi connectivity index (χ3n) is 4.23. The number of hydrogen-bond acceptors (Lipinski definition) is 5. The highest BCUT2D eigenvalue weighted by Crippen LogP contribution is 2.28. The van der Waals surface area contributed by atoms with E-state index in [2.05, 4.69) is 10.6 Å². The molecule has 2 aromatic rings. The maximum Gasteiger partial charge on any atom is 0.291 e. The van der Waals surface area contributed by atoms with Gasteiger partial charge in [-0.2, -0.15) is 0 Å². The first-order valence-corrected chi connectivity index (χ1v) is 8.74. The van der Waals surface area contributed by atoms with E-state index < -0.39 is 5.54 Å². The van der Waals surface area contributed by atoms with Crippen molar-refractivity contribution in [1.29, 1.82) is 0 Å². The van der Waals surface area contributed by atoms with Crippen molar-refractivity contribution >= 4 is 28.2 Å². The van der Waals surface area contributed by atoms with Gasteiger partial charge in [0.15, 0.2) is 5.76 Å². The number of carbonyl (C=O) groups is 2. The number of thiophene rings is 1. The number of aryl methyl sites for hydroxylation is 1. The van der Waals surface area contributed by atoms with Crippen LogP contribution < -0.4 is 16.4 Å². The molecule has 7 heteroatoms. The van der Waals surface area contributed by atoms with Crippen molar-refractivity contribution in [3.05, 3.63) is 40.7 Å². The summed E-state index contributed by atoms with van der Waals surface area (Å²) >= 11 is 1.24. The number of carbonyl (C=O) groups excluding carboxylic acids is 2. The highest BCUT2D eigenvalue weighted by Gasteiger charge is 2.28. The van der Waals surface area contributed by atoms with Crippen LogP contribution in [0.4, 0.5) is 5.00 Å². The van der Waals surface area contributed by atoms with E-state index in [1.54, 1.807) is 18.2 Å². The number of amides is 2. The molecule has 0 fully saturated rings. The number of hydrogen-bond donors (Lipinski definition) is 3. The van der Waals surface area contributed by atoms with Gasteiger partial charge in [-0.15, -0.1) is 11.3 Å². The number of furan rings is 1. The van der Waals surface area contributed by atoms with E-state index in [-0.39, 0.29) is 17.6 Å². The highest BCUT2D eigenvalue weighted by molar-refractivity contribution is 7.18. The maximum absolute atomic E-state index is 12.6. The first-order chi connectivity index (χ1) is 11.4. The van der Waals surface area contributed by atoms with Crippen LogP contribution in [0, 0.1) is 6.92 Å². The first-order valence-electron chi connectivity index (χ1n) is 7.92. The lowest BCUT2D eigenvalue weighted by Gasteiger charge is -2.31. The van der Waals surface area contributed by atoms with Gasteiger partial charge in [0.1, 0.15) is 0 Å². The number of nitrogens with two attached hydrogens (primary N) is 1. The number of rotatable bonds is 7. The smallest absolute Gasteiger partial charge is 0.291 e. The van der Waals surface area contributed by atoms with Crippen LogP contribution in [0.15, 0.2) is 28.9 Å². The molecule has 4 N–H and O–H groups in total. The second-order valence-corrected chi connectivity index (χ2v) is 6.75. The predicted molar refractivity (Wildman–Crippen MR) is 95.6 cm³/mol. The van der Waals surface area contributed by atoms with Gasteiger partial charge in [0.05, 0.1) is 21.7 Å². The zero-order valence-corrected chi connectivity index (χ0v) is 15.0. The lowest BCUT2D eigenvalue weighted by molar-refractivity contribution is 0.0898. The summed E-state index contributed by atoms with van der Waals surface area (Å²) in [7, 11) is 0. The van der Waals surface area contributed by atoms with E-state index in [1.165, 1.54) is 17.6 Å². The topological polar surface area (TPSA) is 97.4 Å². The third-order valence-corrected chi connectivity index (χ3v) is 5.38. The van der Waals surface area contributed by atoms with Crippen molar-refractivity contribution in [2.45, 2.75) is 39.2 Å². The van der Waals surface area contributed by atoms with E-state index in [4.69, 9.17) is 10.2 Å². The van der Waals surface area contributed by atoms with Crippen LogP contribution in [-0.4, -0.2) is 23.9 Å². The fraction of sp³-hybridized carbons (Fsp3) is 0.412. The van der Waals surface area contributed by atoms with Crippen LogP contribution >= 0.6 is 11.3 Å². The minimum atomic E-state index is -0.398. The molecule has 130 valence electrons. The van der Waals surface area contributed by atoms with Gasteiger partial charge in [-0.3, -0.25) is 9.59 Å². The monoisotopic (exact) mass is 349 g/mol. The van der Waals surface area contributed by atoms with Crippen molar-refractivity contribution in [2.75, 3.05) is 11.9 Å². The molecule has 0 atom stereocenters. The quantitative estimate of drug-likeness (QED) is 0.715. The second-order valence-electron chi connectivity index (χ2n) is 5.70. The van der Waals surface area contributed by atoms with Crippen LogP contribution in [0.2, 0.25) is 0 Å². The Balaban J connectivity index is 2.13. The molecule has 2 aromatic heterocycles. The summed E-state index contributed by atoms with van der Waals surface area (Å²) in [5.41, 5.74) is 6.25. The zero-order chi connectivity index (χ0) is 17.7. The fourth-order valence-electron chi connectivity index (χ4n) is 2.41. The molecular formula is C17H23N3O3S. The van der Waals surface area contributed by atoms with Crippen molar-refractivity contribution in [1.82, 2.24) is 5.32 Å². The number of anilines is 1. The normalized spacial score (nSPS) is 11.3. The largest absolute Gasteiger partial charge is 0.459 e. The summed E-state index contributed by atoms with van der Waals surface area (Å²) in [5, 5.41) is 6.39. The van der Waals surface area contributed by atoms with E-state index in [1.807, 2.05) is 20.8 Å². The standard InChI is InChI=1S/C17H23N3O3S/c1-4-17(5-2,10-18)20-16(22)14-11(3)9-13(24-14)19-15(21)12-7-6-8-23-12/h6-9H,4-5,10,18H2,1-3H3,(H,19,21)(H,20,22). The van der Waals surface area contributed by atoms with Crippen LogP contribution in [0.25, 0.3) is 0 Å². The molecule has 0 aliphatic heterocycles. The van der Waals surface area contributed by atoms with E-state index in [9.17, 15) is 9.59 Å². The summed E-state index contributed by atoms with van der Waals surface area (Å²) in [6, 6.07) is 5.01. The Kier molecular flexibility index (Phi) is 5.80. The summed E-state index contributed by atoms with van der Waals surface area (Å²) in [5.74, 6) is -0.275. The molecular weight excluding hydrogens is 326 g/mol. The van der Waals surface area contributed by atoms with Gasteiger partial charge in [-0.1, -0.05) is 13.8 Å². The van der Waals surface area contributed by atoms with Gasteiger partial charge in [-0.25, -0.2) is 0 Å². The molecule has 0 aliphatic carbocycles. The van der Waals surface area contributed by atoms with Crippen LogP contribution in [0.3, 0.4) is 0 Å². The SMILES string of the molecule is CCC(CC)(CN)NC(=O)c1sc(NC(=O)c2ccco2)cc1C. The van der Waals surface area contributed by atoms with Gasteiger partial charge in [-0.05, 0) is 43.5 Å². The number of nitrogens with one attached hydrogen (secondary N) is 2. The predicted octanol–water partition coefficient (Wildman–Crippen LogP) is 3.15. The maximum atomic E-state index is 12.6. The minimum absolute atomic E-state index is 0.162. The molecule has 0 aliphatic rings. The lowest BCUT2D eigenvalue weighted by atomic mass is 9.93. The van der Waals surface area contributed by atoms with Gasteiger partial charge in [0.25, 0.3) is 11.8 Å². The van der Waals surface area contributed by atoms with Gasteiger partial charge in [0.2, 0.25) is 0 Å². The van der Waals surface area contributed by atoms with Gasteiger partial charge >= 0.3 is 0 Å². The van der Waals surface area contributed by atoms with Gasteiger partial charge < -0.3 is 20.8 Å². The second kappa shape index (κ2) is 7.63. The van der Waals surface area contributed by atoms with E-state index in [0.717, 1.165) is 18.4 Å². The Morgan fingerprint density at radius 2 is 2.00 bits per heavy atom. The summed E-state index contributed by atoms with van der Waals surface area (Å²) < 4.78 is 5.06. The molecule has 0 unspecified atom stereocenters. The van der Waals surface area contributed by atoms with Crippen LogP contribution in [-0.2, 0) is 0 Å². The Labute approximate surface area is 145 Å². The van der Waals surface area contributed by atoms with Crippen molar-refractivity contribution in [2.24, 2.45) is 5.73 Å². The molecule has 0 aromatic carbocycles. The van der Waals surface area contributed by atoms with Crippen LogP contribution in [0.1, 0.15) is 52.5 Å². The van der Waals surface area contributed by atoms with E-state index >= 15 is 0 Å². The molecule has 2 rings (SSSR count). The van der Waals surface area contributed by atoms with Crippen molar-refractivity contribution < 1.29 is 14.0 Å². The first kappa shape index (κ1) is 18.2. The molecule has 0 saturated heterocycles. The molecule has 24 heavy (non-hydrogen) atoms. The Bertz CT molecular complexity index is 694. The molecule has 0 bridgehead atoms. The molecule has 2 heterocycles. The highest BCUT2D eigenvalue weighted by atomic mass is 32.1. The van der Waals surface area contributed by atoms with Crippen molar-refractivity contribution in [3.63, 3.8) is 0 Å². The van der Waals surface area contributed by atoms with Crippen molar-refractivity contribution in [3.8, 4) is 0 Å². The average molecular weight is 349 g/mol. The lowest BCUT2D eigenvalue weighted by Crippen LogP contribution is -2.52. The molecule has 0 saturated carbocycles.